The Morgan fingerprint density at radius 3 is 2.73 bits per heavy atom. The fourth-order valence-corrected chi connectivity index (χ4v) is 4.60. The van der Waals surface area contributed by atoms with Crippen molar-refractivity contribution in [3.63, 3.8) is 0 Å². The van der Waals surface area contributed by atoms with Gasteiger partial charge in [0.1, 0.15) is 5.75 Å². The van der Waals surface area contributed by atoms with E-state index in [9.17, 15) is 4.79 Å². The smallest absolute Gasteiger partial charge is 0.166 e. The van der Waals surface area contributed by atoms with Crippen molar-refractivity contribution < 1.29 is 9.53 Å². The summed E-state index contributed by atoms with van der Waals surface area (Å²) in [7, 11) is 1.69. The number of hydrogen-bond donors (Lipinski definition) is 1. The van der Waals surface area contributed by atoms with Crippen LogP contribution in [0.4, 0.5) is 5.69 Å². The normalized spacial score (nSPS) is 22.5. The Bertz CT molecular complexity index is 520. The number of ether oxygens (including phenoxy) is 1. The second kappa shape index (κ2) is 7.40. The van der Waals surface area contributed by atoms with Crippen molar-refractivity contribution in [2.45, 2.75) is 44.6 Å². The maximum atomic E-state index is 12.7. The number of carbonyl (C=O) groups excluding carboxylic acids is 1. The first kappa shape index (κ1) is 15.7. The van der Waals surface area contributed by atoms with Gasteiger partial charge in [-0.05, 0) is 43.2 Å². The van der Waals surface area contributed by atoms with E-state index in [2.05, 4.69) is 5.32 Å². The molecule has 1 saturated carbocycles. The Morgan fingerprint density at radius 1 is 1.23 bits per heavy atom. The Hall–Kier alpha value is -1.16. The van der Waals surface area contributed by atoms with Crippen molar-refractivity contribution in [1.82, 2.24) is 0 Å². The molecule has 2 aliphatic rings. The summed E-state index contributed by atoms with van der Waals surface area (Å²) >= 11 is 1.98. The molecule has 1 aromatic rings. The maximum Gasteiger partial charge on any atom is 0.166 e. The van der Waals surface area contributed by atoms with Crippen molar-refractivity contribution in [3.05, 3.63) is 23.8 Å². The van der Waals surface area contributed by atoms with E-state index in [-0.39, 0.29) is 5.92 Å². The standard InChI is InChI=1S/C18H25NO2S/c1-21-17-8-7-14(18(20)13-5-3-2-4-6-13)11-16(17)19-15-9-10-22-12-15/h7-8,11,13,15,19H,2-6,9-10,12H2,1H3. The van der Waals surface area contributed by atoms with E-state index in [1.54, 1.807) is 7.11 Å². The highest BCUT2D eigenvalue weighted by Crippen LogP contribution is 2.32. The summed E-state index contributed by atoms with van der Waals surface area (Å²) in [6.45, 7) is 0. The van der Waals surface area contributed by atoms with E-state index >= 15 is 0 Å². The Balaban J connectivity index is 1.77. The summed E-state index contributed by atoms with van der Waals surface area (Å²) in [6, 6.07) is 6.34. The summed E-state index contributed by atoms with van der Waals surface area (Å²) in [5.41, 5.74) is 1.80. The van der Waals surface area contributed by atoms with E-state index in [0.717, 1.165) is 35.6 Å². The molecular weight excluding hydrogens is 294 g/mol. The molecule has 1 aliphatic carbocycles. The second-order valence-electron chi connectivity index (χ2n) is 6.32. The van der Waals surface area contributed by atoms with E-state index in [4.69, 9.17) is 4.74 Å². The molecule has 1 aromatic carbocycles. The SMILES string of the molecule is COc1ccc(C(=O)C2CCCCC2)cc1NC1CCSC1. The summed E-state index contributed by atoms with van der Waals surface area (Å²) in [4.78, 5) is 12.7. The quantitative estimate of drug-likeness (QED) is 0.818. The van der Waals surface area contributed by atoms with Crippen LogP contribution in [0, 0.1) is 5.92 Å². The van der Waals surface area contributed by atoms with Gasteiger partial charge in [-0.2, -0.15) is 11.8 Å². The zero-order valence-corrected chi connectivity index (χ0v) is 14.1. The lowest BCUT2D eigenvalue weighted by Gasteiger charge is -2.21. The van der Waals surface area contributed by atoms with Crippen LogP contribution in [-0.4, -0.2) is 30.4 Å². The molecule has 0 aromatic heterocycles. The lowest BCUT2D eigenvalue weighted by molar-refractivity contribution is 0.0889. The molecule has 0 radical (unpaired) electrons. The highest BCUT2D eigenvalue weighted by Gasteiger charge is 2.24. The number of ketones is 1. The van der Waals surface area contributed by atoms with Gasteiger partial charge in [-0.1, -0.05) is 19.3 Å². The molecule has 1 atom stereocenters. The first-order valence-electron chi connectivity index (χ1n) is 8.34. The molecule has 120 valence electrons. The van der Waals surface area contributed by atoms with Crippen LogP contribution in [0.15, 0.2) is 18.2 Å². The molecule has 0 bridgehead atoms. The van der Waals surface area contributed by atoms with Gasteiger partial charge in [0.25, 0.3) is 0 Å². The zero-order chi connectivity index (χ0) is 15.4. The first-order valence-corrected chi connectivity index (χ1v) is 9.50. The predicted octanol–water partition coefficient (Wildman–Crippen LogP) is 4.38. The zero-order valence-electron chi connectivity index (χ0n) is 13.3. The predicted molar refractivity (Wildman–Crippen MR) is 93.3 cm³/mol. The third-order valence-corrected chi connectivity index (χ3v) is 5.91. The maximum absolute atomic E-state index is 12.7. The Kier molecular flexibility index (Phi) is 5.29. The van der Waals surface area contributed by atoms with Gasteiger partial charge in [-0.15, -0.1) is 0 Å². The molecule has 4 heteroatoms. The Labute approximate surface area is 137 Å². The van der Waals surface area contributed by atoms with Crippen LogP contribution in [0.3, 0.4) is 0 Å². The molecule has 0 spiro atoms. The van der Waals surface area contributed by atoms with E-state index in [1.807, 2.05) is 30.0 Å². The third kappa shape index (κ3) is 3.60. The lowest BCUT2D eigenvalue weighted by atomic mass is 9.84. The molecule has 3 nitrogen and oxygen atoms in total. The average Bonchev–Trinajstić information content (AvgIpc) is 3.08. The van der Waals surface area contributed by atoms with Crippen LogP contribution in [0.1, 0.15) is 48.9 Å². The molecule has 1 unspecified atom stereocenters. The number of methoxy groups -OCH3 is 1. The van der Waals surface area contributed by atoms with Crippen LogP contribution in [0.5, 0.6) is 5.75 Å². The summed E-state index contributed by atoms with van der Waals surface area (Å²) in [5, 5.41) is 3.56. The van der Waals surface area contributed by atoms with Crippen LogP contribution >= 0.6 is 11.8 Å². The highest BCUT2D eigenvalue weighted by atomic mass is 32.2. The van der Waals surface area contributed by atoms with Crippen molar-refractivity contribution in [2.24, 2.45) is 5.92 Å². The fraction of sp³-hybridized carbons (Fsp3) is 0.611. The number of hydrogen-bond acceptors (Lipinski definition) is 4. The van der Waals surface area contributed by atoms with Crippen molar-refractivity contribution >= 4 is 23.2 Å². The molecule has 1 aliphatic heterocycles. The third-order valence-electron chi connectivity index (χ3n) is 4.75. The van der Waals surface area contributed by atoms with Gasteiger partial charge in [0.05, 0.1) is 12.8 Å². The lowest BCUT2D eigenvalue weighted by Crippen LogP contribution is -2.20. The topological polar surface area (TPSA) is 38.3 Å². The van der Waals surface area contributed by atoms with Gasteiger partial charge < -0.3 is 10.1 Å². The summed E-state index contributed by atoms with van der Waals surface area (Å²) in [5.74, 6) is 3.70. The summed E-state index contributed by atoms with van der Waals surface area (Å²) in [6.07, 6.45) is 6.93. The van der Waals surface area contributed by atoms with Gasteiger partial charge in [0.2, 0.25) is 0 Å². The number of carbonyl (C=O) groups is 1. The number of anilines is 1. The molecular formula is C18H25NO2S. The summed E-state index contributed by atoms with van der Waals surface area (Å²) < 4.78 is 5.46. The van der Waals surface area contributed by atoms with Crippen molar-refractivity contribution in [3.8, 4) is 5.75 Å². The van der Waals surface area contributed by atoms with Gasteiger partial charge in [0.15, 0.2) is 5.78 Å². The van der Waals surface area contributed by atoms with Gasteiger partial charge in [-0.3, -0.25) is 4.79 Å². The van der Waals surface area contributed by atoms with E-state index in [1.165, 1.54) is 31.4 Å². The number of benzene rings is 1. The highest BCUT2D eigenvalue weighted by molar-refractivity contribution is 7.99. The van der Waals surface area contributed by atoms with Crippen molar-refractivity contribution in [1.29, 1.82) is 0 Å². The molecule has 0 amide bonds. The number of thioether (sulfide) groups is 1. The van der Waals surface area contributed by atoms with Crippen molar-refractivity contribution in [2.75, 3.05) is 23.9 Å². The van der Waals surface area contributed by atoms with Gasteiger partial charge in [-0.25, -0.2) is 0 Å². The minimum Gasteiger partial charge on any atom is -0.495 e. The number of rotatable bonds is 5. The Morgan fingerprint density at radius 2 is 2.05 bits per heavy atom. The molecule has 1 N–H and O–H groups in total. The number of nitrogens with one attached hydrogen (secondary N) is 1. The fourth-order valence-electron chi connectivity index (χ4n) is 3.44. The van der Waals surface area contributed by atoms with Crippen LogP contribution < -0.4 is 10.1 Å². The van der Waals surface area contributed by atoms with E-state index < -0.39 is 0 Å². The van der Waals surface area contributed by atoms with E-state index in [0.29, 0.717) is 11.8 Å². The average molecular weight is 319 g/mol. The molecule has 1 heterocycles. The van der Waals surface area contributed by atoms with Gasteiger partial charge >= 0.3 is 0 Å². The molecule has 3 rings (SSSR count). The van der Waals surface area contributed by atoms with Crippen LogP contribution in [0.25, 0.3) is 0 Å². The van der Waals surface area contributed by atoms with Crippen LogP contribution in [0.2, 0.25) is 0 Å². The van der Waals surface area contributed by atoms with Crippen LogP contribution in [-0.2, 0) is 0 Å². The minimum absolute atomic E-state index is 0.219. The molecule has 1 saturated heterocycles. The first-order chi connectivity index (χ1) is 10.8. The van der Waals surface area contributed by atoms with Gasteiger partial charge in [0, 0.05) is 23.3 Å². The second-order valence-corrected chi connectivity index (χ2v) is 7.47. The number of Topliss-reactive ketones (excluding diaryl/α,β-unsaturated/α-hetero) is 1. The minimum atomic E-state index is 0.219. The molecule has 2 fully saturated rings. The molecule has 22 heavy (non-hydrogen) atoms. The monoisotopic (exact) mass is 319 g/mol. The largest absolute Gasteiger partial charge is 0.495 e.